The fourth-order valence-corrected chi connectivity index (χ4v) is 5.52. The molecular weight excluding hydrogens is 352 g/mol. The van der Waals surface area contributed by atoms with Crippen molar-refractivity contribution in [2.24, 2.45) is 5.73 Å². The molecule has 3 unspecified atom stereocenters. The number of carbonyl (C=O) groups excluding carboxylic acids is 1. The number of amides is 1. The lowest BCUT2D eigenvalue weighted by Gasteiger charge is -2.19. The third kappa shape index (κ3) is 3.08. The average Bonchev–Trinajstić information content (AvgIpc) is 2.93. The first-order valence-electron chi connectivity index (χ1n) is 8.31. The number of nitrogens with one attached hydrogen (secondary N) is 1. The molecular formula is C19H22N2O4S. The molecule has 0 bridgehead atoms. The molecule has 1 amide bonds. The third-order valence-electron chi connectivity index (χ3n) is 4.64. The Kier molecular flexibility index (Phi) is 4.54. The van der Waals surface area contributed by atoms with Gasteiger partial charge in [-0.05, 0) is 67.3 Å². The summed E-state index contributed by atoms with van der Waals surface area (Å²) in [7, 11) is -3.88. The van der Waals surface area contributed by atoms with Crippen molar-refractivity contribution in [1.82, 2.24) is 0 Å². The van der Waals surface area contributed by atoms with Crippen LogP contribution >= 0.6 is 0 Å². The maximum Gasteiger partial charge on any atom is 0.241 e. The summed E-state index contributed by atoms with van der Waals surface area (Å²) in [6, 6.07) is 9.00. The third-order valence-corrected chi connectivity index (χ3v) is 6.73. The highest BCUT2D eigenvalue weighted by atomic mass is 32.2. The fourth-order valence-electron chi connectivity index (χ4n) is 3.44. The topological polar surface area (TPSA) is 109 Å². The molecule has 0 fully saturated rings. The van der Waals surface area contributed by atoms with Gasteiger partial charge in [0.2, 0.25) is 5.91 Å². The first kappa shape index (κ1) is 18.4. The van der Waals surface area contributed by atoms with Crippen molar-refractivity contribution in [1.29, 1.82) is 0 Å². The van der Waals surface area contributed by atoms with Gasteiger partial charge in [-0.1, -0.05) is 12.1 Å². The second kappa shape index (κ2) is 6.41. The molecule has 0 aliphatic carbocycles. The maximum absolute atomic E-state index is 13.4. The number of primary amides is 1. The Bertz CT molecular complexity index is 963. The molecule has 3 rings (SSSR count). The van der Waals surface area contributed by atoms with Crippen LogP contribution in [0.1, 0.15) is 40.5 Å². The minimum atomic E-state index is -3.88. The van der Waals surface area contributed by atoms with E-state index in [1.807, 2.05) is 19.9 Å². The molecule has 0 aromatic heterocycles. The molecule has 26 heavy (non-hydrogen) atoms. The smallest absolute Gasteiger partial charge is 0.241 e. The second-order valence-corrected chi connectivity index (χ2v) is 8.91. The average molecular weight is 374 g/mol. The van der Waals surface area contributed by atoms with Crippen molar-refractivity contribution in [2.45, 2.75) is 43.1 Å². The van der Waals surface area contributed by atoms with E-state index < -0.39 is 33.1 Å². The first-order chi connectivity index (χ1) is 12.1. The van der Waals surface area contributed by atoms with Crippen molar-refractivity contribution in [3.8, 4) is 0 Å². The van der Waals surface area contributed by atoms with Crippen LogP contribution in [-0.2, 0) is 14.6 Å². The summed E-state index contributed by atoms with van der Waals surface area (Å²) in [6.07, 6.45) is -0.752. The van der Waals surface area contributed by atoms with E-state index in [2.05, 4.69) is 5.32 Å². The number of rotatable bonds is 4. The van der Waals surface area contributed by atoms with Crippen LogP contribution in [0.2, 0.25) is 0 Å². The quantitative estimate of drug-likeness (QED) is 0.760. The highest BCUT2D eigenvalue weighted by Crippen LogP contribution is 2.43. The molecule has 2 aromatic rings. The number of nitrogens with two attached hydrogens (primary N) is 1. The minimum absolute atomic E-state index is 0.156. The zero-order valence-electron chi connectivity index (χ0n) is 14.9. The first-order valence-corrected chi connectivity index (χ1v) is 9.86. The van der Waals surface area contributed by atoms with Crippen molar-refractivity contribution >= 4 is 21.4 Å². The zero-order chi connectivity index (χ0) is 19.2. The van der Waals surface area contributed by atoms with Crippen LogP contribution in [0.4, 0.5) is 5.69 Å². The van der Waals surface area contributed by atoms with Gasteiger partial charge in [-0.15, -0.1) is 0 Å². The van der Waals surface area contributed by atoms with Crippen molar-refractivity contribution < 1.29 is 18.3 Å². The van der Waals surface area contributed by atoms with Gasteiger partial charge in [0.25, 0.3) is 0 Å². The van der Waals surface area contributed by atoms with E-state index in [0.717, 1.165) is 11.1 Å². The molecule has 3 atom stereocenters. The molecule has 1 heterocycles. The molecule has 1 aliphatic rings. The Morgan fingerprint density at radius 3 is 2.31 bits per heavy atom. The lowest BCUT2D eigenvalue weighted by Crippen LogP contribution is -2.39. The molecule has 0 saturated heterocycles. The van der Waals surface area contributed by atoms with Crippen molar-refractivity contribution in [2.75, 3.05) is 5.32 Å². The Balaban J connectivity index is 2.20. The van der Waals surface area contributed by atoms with Gasteiger partial charge in [0, 0.05) is 5.69 Å². The predicted octanol–water partition coefficient (Wildman–Crippen LogP) is 2.15. The molecule has 2 aromatic carbocycles. The summed E-state index contributed by atoms with van der Waals surface area (Å²) < 4.78 is 26.8. The van der Waals surface area contributed by atoms with Gasteiger partial charge in [0.15, 0.2) is 9.84 Å². The molecule has 0 radical (unpaired) electrons. The van der Waals surface area contributed by atoms with Gasteiger partial charge >= 0.3 is 0 Å². The monoisotopic (exact) mass is 374 g/mol. The number of aliphatic hydroxyl groups is 1. The van der Waals surface area contributed by atoms with Gasteiger partial charge in [-0.3, -0.25) is 4.79 Å². The molecule has 6 nitrogen and oxygen atoms in total. The van der Waals surface area contributed by atoms with E-state index in [1.165, 1.54) is 0 Å². The number of aryl methyl sites for hydroxylation is 2. The number of hydrogen-bond donors (Lipinski definition) is 3. The van der Waals surface area contributed by atoms with Crippen LogP contribution in [-0.4, -0.2) is 25.5 Å². The largest absolute Gasteiger partial charge is 0.389 e. The van der Waals surface area contributed by atoms with Gasteiger partial charge in [-0.2, -0.15) is 0 Å². The van der Waals surface area contributed by atoms with Gasteiger partial charge in [-0.25, -0.2) is 8.42 Å². The predicted molar refractivity (Wildman–Crippen MR) is 99.5 cm³/mol. The number of carbonyl (C=O) groups is 1. The Hall–Kier alpha value is -2.38. The molecule has 1 aliphatic heterocycles. The number of fused-ring (bicyclic) bond motifs is 1. The molecule has 0 spiro atoms. The summed E-state index contributed by atoms with van der Waals surface area (Å²) >= 11 is 0. The fraction of sp³-hybridized carbons (Fsp3) is 0.316. The Morgan fingerprint density at radius 2 is 1.77 bits per heavy atom. The van der Waals surface area contributed by atoms with Crippen LogP contribution in [0.3, 0.4) is 0 Å². The summed E-state index contributed by atoms with van der Waals surface area (Å²) in [4.78, 5) is 12.1. The lowest BCUT2D eigenvalue weighted by molar-refractivity contribution is -0.118. The minimum Gasteiger partial charge on any atom is -0.389 e. The normalized spacial score (nSPS) is 20.3. The highest BCUT2D eigenvalue weighted by molar-refractivity contribution is 7.91. The second-order valence-electron chi connectivity index (χ2n) is 6.84. The van der Waals surface area contributed by atoms with Gasteiger partial charge < -0.3 is 16.2 Å². The molecule has 7 heteroatoms. The van der Waals surface area contributed by atoms with E-state index in [0.29, 0.717) is 16.8 Å². The summed E-state index contributed by atoms with van der Waals surface area (Å²) in [5.41, 5.74) is 8.70. The Labute approximate surface area is 153 Å². The lowest BCUT2D eigenvalue weighted by atomic mass is 10.0. The van der Waals surface area contributed by atoms with Crippen LogP contribution in [0.15, 0.2) is 41.3 Å². The zero-order valence-corrected chi connectivity index (χ0v) is 15.7. The van der Waals surface area contributed by atoms with Crippen LogP contribution < -0.4 is 11.1 Å². The van der Waals surface area contributed by atoms with E-state index in [-0.39, 0.29) is 4.90 Å². The Morgan fingerprint density at radius 1 is 1.15 bits per heavy atom. The molecule has 0 saturated carbocycles. The van der Waals surface area contributed by atoms with Crippen LogP contribution in [0.25, 0.3) is 0 Å². The summed E-state index contributed by atoms with van der Waals surface area (Å²) in [5.74, 6) is -0.738. The number of benzene rings is 2. The summed E-state index contributed by atoms with van der Waals surface area (Å²) in [5, 5.41) is 11.6. The number of anilines is 1. The SMILES string of the molecule is Cc1cc(C)cc(S(=O)(=O)C2c3cc(C(C)O)ccc3NC2C(N)=O)c1. The van der Waals surface area contributed by atoms with Gasteiger partial charge in [0.05, 0.1) is 11.0 Å². The number of aliphatic hydroxyl groups excluding tert-OH is 1. The van der Waals surface area contributed by atoms with Crippen LogP contribution in [0, 0.1) is 13.8 Å². The van der Waals surface area contributed by atoms with Crippen molar-refractivity contribution in [3.05, 3.63) is 58.7 Å². The van der Waals surface area contributed by atoms with E-state index in [1.54, 1.807) is 37.3 Å². The highest BCUT2D eigenvalue weighted by Gasteiger charge is 2.45. The standard InChI is InChI=1S/C19H22N2O4S/c1-10-6-11(2)8-14(7-10)26(24,25)18-15-9-13(12(3)22)4-5-16(15)21-17(18)19(20)23/h4-9,12,17-18,21-22H,1-3H3,(H2,20,23). The molecule has 138 valence electrons. The van der Waals surface area contributed by atoms with Crippen LogP contribution in [0.5, 0.6) is 0 Å². The van der Waals surface area contributed by atoms with E-state index in [4.69, 9.17) is 5.73 Å². The van der Waals surface area contributed by atoms with Crippen molar-refractivity contribution in [3.63, 3.8) is 0 Å². The maximum atomic E-state index is 13.4. The van der Waals surface area contributed by atoms with E-state index >= 15 is 0 Å². The molecule has 4 N–H and O–H groups in total. The summed E-state index contributed by atoms with van der Waals surface area (Å²) in [6.45, 7) is 5.25. The number of sulfone groups is 1. The van der Waals surface area contributed by atoms with Gasteiger partial charge in [0.1, 0.15) is 11.3 Å². The van der Waals surface area contributed by atoms with E-state index in [9.17, 15) is 18.3 Å². The number of hydrogen-bond acceptors (Lipinski definition) is 5.